The Balaban J connectivity index is 2.07. The van der Waals surface area contributed by atoms with E-state index in [1.807, 2.05) is 12.1 Å². The van der Waals surface area contributed by atoms with Crippen molar-refractivity contribution in [1.29, 1.82) is 0 Å². The summed E-state index contributed by atoms with van der Waals surface area (Å²) in [4.78, 5) is 10.6. The van der Waals surface area contributed by atoms with Gasteiger partial charge in [0, 0.05) is 11.0 Å². The summed E-state index contributed by atoms with van der Waals surface area (Å²) in [6.45, 7) is 5.12. The fraction of sp³-hybridized carbons (Fsp3) is 0.500. The van der Waals surface area contributed by atoms with Gasteiger partial charge in [0.1, 0.15) is 12.4 Å². The molecule has 0 radical (unpaired) electrons. The maximum atomic E-state index is 10.6. The second-order valence-corrected chi connectivity index (χ2v) is 5.52. The normalized spacial score (nSPS) is 17.6. The lowest BCUT2D eigenvalue weighted by Gasteiger charge is -2.18. The molecule has 4 N–H and O–H groups in total. The van der Waals surface area contributed by atoms with Crippen molar-refractivity contribution in [2.75, 3.05) is 19.8 Å². The second-order valence-electron chi connectivity index (χ2n) is 5.52. The van der Waals surface area contributed by atoms with Crippen molar-refractivity contribution in [3.8, 4) is 5.75 Å². The average Bonchev–Trinajstić information content (AvgIpc) is 2.64. The minimum absolute atomic E-state index is 0.000848. The van der Waals surface area contributed by atoms with Gasteiger partial charge in [-0.25, -0.2) is 0 Å². The Morgan fingerprint density at radius 2 is 2.26 bits per heavy atom. The third-order valence-corrected chi connectivity index (χ3v) is 3.29. The fourth-order valence-corrected chi connectivity index (χ4v) is 2.15. The van der Waals surface area contributed by atoms with Crippen LogP contribution in [0.4, 0.5) is 0 Å². The highest BCUT2D eigenvalue weighted by Gasteiger charge is 2.32. The Morgan fingerprint density at radius 3 is 2.95 bits per heavy atom. The minimum Gasteiger partial charge on any atom is -0.492 e. The highest BCUT2D eigenvalue weighted by Crippen LogP contribution is 2.39. The molecule has 1 aromatic rings. The standard InChI is InChI=1S/C14H20N2O3/c1-14(2)8-19-12-4-3-9(5-10(12)14)11(15)6-18-7-13(16)17/h3-5,11H,6-8,15H2,1-2H3,(H2,16,17). The van der Waals surface area contributed by atoms with E-state index in [0.717, 1.165) is 16.9 Å². The molecule has 1 heterocycles. The van der Waals surface area contributed by atoms with E-state index < -0.39 is 5.91 Å². The van der Waals surface area contributed by atoms with Crippen LogP contribution >= 0.6 is 0 Å². The molecule has 0 bridgehead atoms. The second kappa shape index (κ2) is 5.19. The lowest BCUT2D eigenvalue weighted by molar-refractivity contribution is -0.122. The van der Waals surface area contributed by atoms with Gasteiger partial charge in [-0.2, -0.15) is 0 Å². The molecule has 5 nitrogen and oxygen atoms in total. The van der Waals surface area contributed by atoms with Gasteiger partial charge in [-0.05, 0) is 17.7 Å². The summed E-state index contributed by atoms with van der Waals surface area (Å²) < 4.78 is 10.8. The molecule has 1 unspecified atom stereocenters. The number of carbonyl (C=O) groups is 1. The van der Waals surface area contributed by atoms with Gasteiger partial charge in [0.15, 0.2) is 0 Å². The lowest BCUT2D eigenvalue weighted by atomic mass is 9.85. The first kappa shape index (κ1) is 13.8. The molecule has 0 spiro atoms. The van der Waals surface area contributed by atoms with E-state index in [4.69, 9.17) is 20.9 Å². The summed E-state index contributed by atoms with van der Waals surface area (Å²) in [5, 5.41) is 0. The van der Waals surface area contributed by atoms with Crippen molar-refractivity contribution < 1.29 is 14.3 Å². The van der Waals surface area contributed by atoms with Crippen molar-refractivity contribution in [1.82, 2.24) is 0 Å². The monoisotopic (exact) mass is 264 g/mol. The molecular formula is C14H20N2O3. The first-order valence-corrected chi connectivity index (χ1v) is 6.29. The molecule has 1 atom stereocenters. The van der Waals surface area contributed by atoms with Gasteiger partial charge in [0.25, 0.3) is 0 Å². The molecule has 0 saturated carbocycles. The number of amides is 1. The van der Waals surface area contributed by atoms with Gasteiger partial charge in [-0.1, -0.05) is 19.9 Å². The molecule has 1 aromatic carbocycles. The van der Waals surface area contributed by atoms with Crippen LogP contribution in [0.15, 0.2) is 18.2 Å². The largest absolute Gasteiger partial charge is 0.492 e. The highest BCUT2D eigenvalue weighted by atomic mass is 16.5. The number of fused-ring (bicyclic) bond motifs is 1. The maximum Gasteiger partial charge on any atom is 0.243 e. The minimum atomic E-state index is -0.490. The summed E-state index contributed by atoms with van der Waals surface area (Å²) in [6.07, 6.45) is 0. The number of rotatable bonds is 5. The van der Waals surface area contributed by atoms with Crippen LogP contribution in [0.1, 0.15) is 31.0 Å². The lowest BCUT2D eigenvalue weighted by Crippen LogP contribution is -2.24. The Kier molecular flexibility index (Phi) is 3.78. The van der Waals surface area contributed by atoms with E-state index in [0.29, 0.717) is 6.61 Å². The van der Waals surface area contributed by atoms with Crippen LogP contribution in [0.3, 0.4) is 0 Å². The number of hydrogen-bond acceptors (Lipinski definition) is 4. The molecule has 5 heteroatoms. The summed E-state index contributed by atoms with van der Waals surface area (Å²) >= 11 is 0. The number of ether oxygens (including phenoxy) is 2. The summed E-state index contributed by atoms with van der Waals surface area (Å²) in [7, 11) is 0. The van der Waals surface area contributed by atoms with E-state index in [1.165, 1.54) is 0 Å². The van der Waals surface area contributed by atoms with Gasteiger partial charge in [-0.3, -0.25) is 4.79 Å². The van der Waals surface area contributed by atoms with Crippen LogP contribution < -0.4 is 16.2 Å². The van der Waals surface area contributed by atoms with Crippen molar-refractivity contribution in [2.24, 2.45) is 11.5 Å². The van der Waals surface area contributed by atoms with Crippen LogP contribution in [0.5, 0.6) is 5.75 Å². The average molecular weight is 264 g/mol. The molecule has 1 aliphatic heterocycles. The van der Waals surface area contributed by atoms with Crippen LogP contribution in [0.2, 0.25) is 0 Å². The molecule has 0 aliphatic carbocycles. The predicted molar refractivity (Wildman–Crippen MR) is 71.9 cm³/mol. The molecule has 1 amide bonds. The van der Waals surface area contributed by atoms with Gasteiger partial charge in [-0.15, -0.1) is 0 Å². The highest BCUT2D eigenvalue weighted by molar-refractivity contribution is 5.74. The van der Waals surface area contributed by atoms with Gasteiger partial charge < -0.3 is 20.9 Å². The van der Waals surface area contributed by atoms with Gasteiger partial charge >= 0.3 is 0 Å². The molecule has 0 fully saturated rings. The van der Waals surface area contributed by atoms with E-state index in [9.17, 15) is 4.79 Å². The van der Waals surface area contributed by atoms with E-state index in [1.54, 1.807) is 0 Å². The Hall–Kier alpha value is -1.59. The number of carbonyl (C=O) groups excluding carboxylic acids is 1. The molecule has 104 valence electrons. The van der Waals surface area contributed by atoms with Crippen molar-refractivity contribution in [2.45, 2.75) is 25.3 Å². The third-order valence-electron chi connectivity index (χ3n) is 3.29. The van der Waals surface area contributed by atoms with Crippen molar-refractivity contribution in [3.63, 3.8) is 0 Å². The van der Waals surface area contributed by atoms with Crippen LogP contribution in [0.25, 0.3) is 0 Å². The van der Waals surface area contributed by atoms with E-state index in [2.05, 4.69) is 19.9 Å². The summed E-state index contributed by atoms with van der Waals surface area (Å²) in [5.41, 5.74) is 13.2. The molecule has 19 heavy (non-hydrogen) atoms. The molecule has 2 rings (SSSR count). The first-order valence-electron chi connectivity index (χ1n) is 6.29. The number of hydrogen-bond donors (Lipinski definition) is 2. The molecule has 0 saturated heterocycles. The zero-order chi connectivity index (χ0) is 14.0. The van der Waals surface area contributed by atoms with E-state index >= 15 is 0 Å². The first-order chi connectivity index (χ1) is 8.90. The van der Waals surface area contributed by atoms with Gasteiger partial charge in [0.2, 0.25) is 5.91 Å². The topological polar surface area (TPSA) is 87.6 Å². The fourth-order valence-electron chi connectivity index (χ4n) is 2.15. The zero-order valence-electron chi connectivity index (χ0n) is 11.3. The Labute approximate surface area is 112 Å². The Bertz CT molecular complexity index is 486. The zero-order valence-corrected chi connectivity index (χ0v) is 11.3. The van der Waals surface area contributed by atoms with Crippen LogP contribution in [-0.2, 0) is 14.9 Å². The van der Waals surface area contributed by atoms with Crippen molar-refractivity contribution >= 4 is 5.91 Å². The number of nitrogens with two attached hydrogens (primary N) is 2. The smallest absolute Gasteiger partial charge is 0.243 e. The SMILES string of the molecule is CC1(C)COc2ccc(C(N)COCC(N)=O)cc21. The number of primary amides is 1. The summed E-state index contributed by atoms with van der Waals surface area (Å²) in [5.74, 6) is 0.426. The maximum absolute atomic E-state index is 10.6. The Morgan fingerprint density at radius 1 is 1.53 bits per heavy atom. The van der Waals surface area contributed by atoms with E-state index in [-0.39, 0.29) is 24.7 Å². The quantitative estimate of drug-likeness (QED) is 0.825. The van der Waals surface area contributed by atoms with Crippen LogP contribution in [-0.4, -0.2) is 25.7 Å². The summed E-state index contributed by atoms with van der Waals surface area (Å²) in [6, 6.07) is 5.65. The number of benzene rings is 1. The molecule has 0 aromatic heterocycles. The molecule has 1 aliphatic rings. The third kappa shape index (κ3) is 3.05. The predicted octanol–water partition coefficient (Wildman–Crippen LogP) is 0.858. The van der Waals surface area contributed by atoms with Crippen LogP contribution in [0, 0.1) is 0 Å². The molecular weight excluding hydrogens is 244 g/mol. The van der Waals surface area contributed by atoms with Gasteiger partial charge in [0.05, 0.1) is 19.3 Å². The van der Waals surface area contributed by atoms with Crippen molar-refractivity contribution in [3.05, 3.63) is 29.3 Å².